The van der Waals surface area contributed by atoms with Gasteiger partial charge >= 0.3 is 17.9 Å². The smallest absolute Gasteiger partial charge is 0.307 e. The summed E-state index contributed by atoms with van der Waals surface area (Å²) in [4.78, 5) is 35.5. The van der Waals surface area contributed by atoms with E-state index in [4.69, 9.17) is 18.9 Å². The molecule has 0 bridgehead atoms. The zero-order valence-electron chi connectivity index (χ0n) is 21.7. The van der Waals surface area contributed by atoms with Gasteiger partial charge in [-0.3, -0.25) is 14.4 Å². The highest BCUT2D eigenvalue weighted by molar-refractivity contribution is 5.68. The fraction of sp³-hybridized carbons (Fsp3) is 0.414. The van der Waals surface area contributed by atoms with Gasteiger partial charge < -0.3 is 18.9 Å². The summed E-state index contributed by atoms with van der Waals surface area (Å²) >= 11 is 0. The third-order valence-corrected chi connectivity index (χ3v) is 6.23. The van der Waals surface area contributed by atoms with Crippen molar-refractivity contribution in [3.63, 3.8) is 0 Å². The van der Waals surface area contributed by atoms with Crippen LogP contribution in [0.5, 0.6) is 0 Å². The minimum absolute atomic E-state index is 0.395. The molecule has 4 atom stereocenters. The summed E-state index contributed by atoms with van der Waals surface area (Å²) in [5, 5.41) is 0. The molecule has 2 aromatic carbocycles. The average molecular weight is 495 g/mol. The Morgan fingerprint density at radius 2 is 1.56 bits per heavy atom. The van der Waals surface area contributed by atoms with Crippen molar-refractivity contribution in [2.75, 3.05) is 0 Å². The molecule has 1 fully saturated rings. The van der Waals surface area contributed by atoms with Crippen LogP contribution in [0.2, 0.25) is 0 Å². The molecule has 1 aliphatic rings. The molecular formula is C29H34O7. The predicted octanol–water partition coefficient (Wildman–Crippen LogP) is 4.92. The fourth-order valence-corrected chi connectivity index (χ4v) is 4.34. The average Bonchev–Trinajstić information content (AvgIpc) is 2.81. The van der Waals surface area contributed by atoms with E-state index >= 15 is 0 Å². The lowest BCUT2D eigenvalue weighted by Gasteiger charge is -2.41. The molecule has 1 aliphatic heterocycles. The Kier molecular flexibility index (Phi) is 9.04. The fourth-order valence-electron chi connectivity index (χ4n) is 4.34. The first-order chi connectivity index (χ1) is 17.1. The Bertz CT molecular complexity index is 1130. The molecule has 1 heterocycles. The summed E-state index contributed by atoms with van der Waals surface area (Å²) in [6.07, 6.45) is -0.291. The Balaban J connectivity index is 2.00. The summed E-state index contributed by atoms with van der Waals surface area (Å²) in [5.74, 6) is -1.63. The van der Waals surface area contributed by atoms with Crippen LogP contribution in [0.1, 0.15) is 68.5 Å². The SMILES string of the molecule is CCc1ccc(Cc2cc([C@@H]3O[C@H](C)/C(=C\OC(C)=O)[C@H](OC(C)=O)[C@H]3OC(C)=O)ccc2C)cc1. The van der Waals surface area contributed by atoms with Crippen LogP contribution in [0.25, 0.3) is 0 Å². The molecule has 0 radical (unpaired) electrons. The highest BCUT2D eigenvalue weighted by Crippen LogP contribution is 2.39. The van der Waals surface area contributed by atoms with Gasteiger partial charge in [0.1, 0.15) is 12.4 Å². The minimum atomic E-state index is -0.981. The predicted molar refractivity (Wildman–Crippen MR) is 134 cm³/mol. The van der Waals surface area contributed by atoms with E-state index in [-0.39, 0.29) is 0 Å². The zero-order chi connectivity index (χ0) is 26.4. The second-order valence-electron chi connectivity index (χ2n) is 9.06. The molecule has 192 valence electrons. The van der Waals surface area contributed by atoms with Crippen molar-refractivity contribution in [2.24, 2.45) is 0 Å². The van der Waals surface area contributed by atoms with Crippen LogP contribution in [0.15, 0.2) is 54.3 Å². The minimum Gasteiger partial charge on any atom is -0.455 e. The summed E-state index contributed by atoms with van der Waals surface area (Å²) in [6, 6.07) is 14.5. The highest BCUT2D eigenvalue weighted by Gasteiger charge is 2.46. The van der Waals surface area contributed by atoms with Crippen LogP contribution in [0, 0.1) is 6.92 Å². The van der Waals surface area contributed by atoms with E-state index in [9.17, 15) is 14.4 Å². The lowest BCUT2D eigenvalue weighted by atomic mass is 9.88. The number of carbonyl (C=O) groups is 3. The van der Waals surface area contributed by atoms with Crippen LogP contribution in [0.4, 0.5) is 0 Å². The molecule has 36 heavy (non-hydrogen) atoms. The summed E-state index contributed by atoms with van der Waals surface area (Å²) < 4.78 is 22.6. The number of esters is 3. The van der Waals surface area contributed by atoms with Crippen LogP contribution in [-0.2, 0) is 46.2 Å². The maximum Gasteiger partial charge on any atom is 0.307 e. The Labute approximate surface area is 212 Å². The van der Waals surface area contributed by atoms with Crippen molar-refractivity contribution in [1.29, 1.82) is 0 Å². The van der Waals surface area contributed by atoms with Crippen molar-refractivity contribution < 1.29 is 33.3 Å². The third kappa shape index (κ3) is 6.82. The molecule has 0 aromatic heterocycles. The van der Waals surface area contributed by atoms with Gasteiger partial charge in [-0.05, 0) is 54.5 Å². The van der Waals surface area contributed by atoms with Crippen LogP contribution in [-0.4, -0.2) is 36.2 Å². The molecule has 7 heteroatoms. The monoisotopic (exact) mass is 494 g/mol. The third-order valence-electron chi connectivity index (χ3n) is 6.23. The first-order valence-electron chi connectivity index (χ1n) is 12.1. The largest absolute Gasteiger partial charge is 0.455 e. The number of rotatable bonds is 7. The summed E-state index contributed by atoms with van der Waals surface area (Å²) in [6.45, 7) is 9.78. The van der Waals surface area contributed by atoms with Gasteiger partial charge in [0.2, 0.25) is 0 Å². The first-order valence-corrected chi connectivity index (χ1v) is 12.1. The van der Waals surface area contributed by atoms with Crippen molar-refractivity contribution in [3.05, 3.63) is 82.1 Å². The molecule has 1 saturated heterocycles. The highest BCUT2D eigenvalue weighted by atomic mass is 16.6. The molecule has 0 saturated carbocycles. The molecule has 3 rings (SSSR count). The summed E-state index contributed by atoms with van der Waals surface area (Å²) in [7, 11) is 0. The van der Waals surface area contributed by atoms with Crippen molar-refractivity contribution >= 4 is 17.9 Å². The number of carbonyl (C=O) groups excluding carboxylic acids is 3. The van der Waals surface area contributed by atoms with Gasteiger partial charge in [0.15, 0.2) is 12.2 Å². The topological polar surface area (TPSA) is 88.1 Å². The van der Waals surface area contributed by atoms with Gasteiger partial charge in [0, 0.05) is 26.3 Å². The quantitative estimate of drug-likeness (QED) is 0.307. The first kappa shape index (κ1) is 27.1. The van der Waals surface area contributed by atoms with Crippen LogP contribution >= 0.6 is 0 Å². The van der Waals surface area contributed by atoms with E-state index in [1.165, 1.54) is 38.2 Å². The van der Waals surface area contributed by atoms with E-state index in [0.29, 0.717) is 5.57 Å². The lowest BCUT2D eigenvalue weighted by molar-refractivity contribution is -0.191. The number of hydrogen-bond acceptors (Lipinski definition) is 7. The Morgan fingerprint density at radius 1 is 0.917 bits per heavy atom. The molecule has 0 amide bonds. The molecule has 2 aromatic rings. The van der Waals surface area contributed by atoms with E-state index < -0.39 is 42.3 Å². The Hall–Kier alpha value is -3.45. The van der Waals surface area contributed by atoms with E-state index in [1.807, 2.05) is 18.2 Å². The number of aryl methyl sites for hydroxylation is 2. The molecule has 0 aliphatic carbocycles. The number of benzene rings is 2. The van der Waals surface area contributed by atoms with E-state index in [2.05, 4.69) is 38.1 Å². The van der Waals surface area contributed by atoms with Crippen molar-refractivity contribution in [1.82, 2.24) is 0 Å². The maximum absolute atomic E-state index is 12.1. The molecule has 0 N–H and O–H groups in total. The zero-order valence-corrected chi connectivity index (χ0v) is 21.7. The maximum atomic E-state index is 12.1. The van der Waals surface area contributed by atoms with E-state index in [0.717, 1.165) is 29.5 Å². The molecule has 0 spiro atoms. The lowest BCUT2D eigenvalue weighted by Crippen LogP contribution is -2.49. The second-order valence-corrected chi connectivity index (χ2v) is 9.06. The number of ether oxygens (including phenoxy) is 4. The standard InChI is InChI=1S/C29H34O7/c1-7-22-9-11-23(12-10-22)14-25-15-24(13-8-17(25)2)27-29(36-21(6)32)28(35-20(5)31)26(18(3)34-27)16-33-19(4)30/h8-13,15-16,18,27-29H,7,14H2,1-6H3/b26-16+/t18-,27+,28+,29+/m1/s1. The second kappa shape index (κ2) is 12.0. The van der Waals surface area contributed by atoms with Crippen molar-refractivity contribution in [2.45, 2.75) is 78.8 Å². The van der Waals surface area contributed by atoms with Gasteiger partial charge in [-0.2, -0.15) is 0 Å². The van der Waals surface area contributed by atoms with Crippen LogP contribution < -0.4 is 0 Å². The van der Waals surface area contributed by atoms with E-state index in [1.54, 1.807) is 6.92 Å². The summed E-state index contributed by atoms with van der Waals surface area (Å²) in [5.41, 5.74) is 5.89. The van der Waals surface area contributed by atoms with Gasteiger partial charge in [-0.15, -0.1) is 0 Å². The van der Waals surface area contributed by atoms with Gasteiger partial charge in [-0.1, -0.05) is 49.4 Å². The molecular weight excluding hydrogens is 460 g/mol. The van der Waals surface area contributed by atoms with Gasteiger partial charge in [0.05, 0.1) is 6.10 Å². The number of hydrogen-bond donors (Lipinski definition) is 0. The van der Waals surface area contributed by atoms with Gasteiger partial charge in [-0.25, -0.2) is 0 Å². The normalized spacial score (nSPS) is 22.7. The van der Waals surface area contributed by atoms with Crippen LogP contribution in [0.3, 0.4) is 0 Å². The molecule has 0 unspecified atom stereocenters. The van der Waals surface area contributed by atoms with Crippen molar-refractivity contribution in [3.8, 4) is 0 Å². The van der Waals surface area contributed by atoms with Gasteiger partial charge in [0.25, 0.3) is 0 Å². The molecule has 7 nitrogen and oxygen atoms in total. The Morgan fingerprint density at radius 3 is 2.14 bits per heavy atom.